The molecule has 0 aromatic heterocycles. The Morgan fingerprint density at radius 3 is 2.69 bits per heavy atom. The average molecular weight is 199 g/mol. The van der Waals surface area contributed by atoms with E-state index in [-0.39, 0.29) is 6.04 Å². The van der Waals surface area contributed by atoms with Crippen molar-refractivity contribution >= 4 is 11.6 Å². The summed E-state index contributed by atoms with van der Waals surface area (Å²) < 4.78 is 0. The monoisotopic (exact) mass is 198 g/mol. The minimum atomic E-state index is 0.0358. The number of nitrogens with zero attached hydrogens (tertiary/aromatic N) is 1. The molecule has 0 radical (unpaired) electrons. The van der Waals surface area contributed by atoms with Gasteiger partial charge in [-0.1, -0.05) is 23.7 Å². The fourth-order valence-electron chi connectivity index (χ4n) is 1.24. The van der Waals surface area contributed by atoms with Crippen molar-refractivity contribution in [2.75, 3.05) is 20.6 Å². The molecule has 72 valence electrons. The molecule has 0 fully saturated rings. The van der Waals surface area contributed by atoms with Crippen molar-refractivity contribution in [2.45, 2.75) is 6.04 Å². The van der Waals surface area contributed by atoms with Crippen molar-refractivity contribution in [1.82, 2.24) is 4.90 Å². The molecule has 0 aliphatic rings. The summed E-state index contributed by atoms with van der Waals surface area (Å²) in [5, 5.41) is 0.742. The van der Waals surface area contributed by atoms with Gasteiger partial charge in [0.15, 0.2) is 0 Å². The molecule has 0 bridgehead atoms. The van der Waals surface area contributed by atoms with Crippen LogP contribution in [0.4, 0.5) is 0 Å². The molecule has 1 unspecified atom stereocenters. The molecule has 0 aliphatic heterocycles. The van der Waals surface area contributed by atoms with Gasteiger partial charge in [0.05, 0.1) is 0 Å². The Morgan fingerprint density at radius 2 is 2.15 bits per heavy atom. The molecule has 13 heavy (non-hydrogen) atoms. The third kappa shape index (κ3) is 3.35. The lowest BCUT2D eigenvalue weighted by molar-refractivity contribution is 0.376. The van der Waals surface area contributed by atoms with Crippen molar-refractivity contribution in [2.24, 2.45) is 5.73 Å². The van der Waals surface area contributed by atoms with Gasteiger partial charge in [0.2, 0.25) is 0 Å². The third-order valence-electron chi connectivity index (χ3n) is 1.84. The van der Waals surface area contributed by atoms with E-state index < -0.39 is 0 Å². The zero-order valence-electron chi connectivity index (χ0n) is 8.00. The molecule has 1 aromatic rings. The van der Waals surface area contributed by atoms with Gasteiger partial charge in [0, 0.05) is 17.6 Å². The van der Waals surface area contributed by atoms with E-state index in [0.29, 0.717) is 0 Å². The second kappa shape index (κ2) is 4.61. The second-order valence-electron chi connectivity index (χ2n) is 3.42. The minimum Gasteiger partial charge on any atom is -0.323 e. The fourth-order valence-corrected chi connectivity index (χ4v) is 1.43. The summed E-state index contributed by atoms with van der Waals surface area (Å²) in [6, 6.07) is 7.73. The Balaban J connectivity index is 2.71. The average Bonchev–Trinajstić information content (AvgIpc) is 2.03. The summed E-state index contributed by atoms with van der Waals surface area (Å²) in [5.41, 5.74) is 7.05. The number of rotatable bonds is 3. The SMILES string of the molecule is CN(C)CC(N)c1cccc(Cl)c1. The topological polar surface area (TPSA) is 29.3 Å². The lowest BCUT2D eigenvalue weighted by atomic mass is 10.1. The predicted octanol–water partition coefficient (Wildman–Crippen LogP) is 1.90. The van der Waals surface area contributed by atoms with Gasteiger partial charge in [0.1, 0.15) is 0 Å². The molecule has 0 saturated carbocycles. The van der Waals surface area contributed by atoms with Gasteiger partial charge >= 0.3 is 0 Å². The summed E-state index contributed by atoms with van der Waals surface area (Å²) in [6.45, 7) is 0.834. The minimum absolute atomic E-state index is 0.0358. The van der Waals surface area contributed by atoms with E-state index in [0.717, 1.165) is 17.1 Å². The molecular weight excluding hydrogens is 184 g/mol. The molecule has 2 nitrogen and oxygen atoms in total. The van der Waals surface area contributed by atoms with Crippen LogP contribution in [0.5, 0.6) is 0 Å². The molecule has 0 aliphatic carbocycles. The van der Waals surface area contributed by atoms with E-state index in [1.807, 2.05) is 38.4 Å². The van der Waals surface area contributed by atoms with Crippen LogP contribution >= 0.6 is 11.6 Å². The smallest absolute Gasteiger partial charge is 0.0424 e. The molecule has 2 N–H and O–H groups in total. The number of hydrogen-bond donors (Lipinski definition) is 1. The predicted molar refractivity (Wildman–Crippen MR) is 56.9 cm³/mol. The molecule has 1 rings (SSSR count). The van der Waals surface area contributed by atoms with Crippen LogP contribution in [-0.4, -0.2) is 25.5 Å². The van der Waals surface area contributed by atoms with E-state index in [1.54, 1.807) is 0 Å². The van der Waals surface area contributed by atoms with Crippen molar-refractivity contribution in [1.29, 1.82) is 0 Å². The van der Waals surface area contributed by atoms with Crippen LogP contribution in [0.2, 0.25) is 5.02 Å². The molecule has 1 aromatic carbocycles. The third-order valence-corrected chi connectivity index (χ3v) is 2.07. The summed E-state index contributed by atoms with van der Waals surface area (Å²) in [5.74, 6) is 0. The maximum atomic E-state index is 5.96. The van der Waals surface area contributed by atoms with Crippen LogP contribution in [-0.2, 0) is 0 Å². The maximum absolute atomic E-state index is 5.96. The van der Waals surface area contributed by atoms with Crippen LogP contribution < -0.4 is 5.73 Å². The first-order valence-electron chi connectivity index (χ1n) is 4.25. The number of hydrogen-bond acceptors (Lipinski definition) is 2. The first-order valence-corrected chi connectivity index (χ1v) is 4.63. The van der Waals surface area contributed by atoms with Gasteiger partial charge < -0.3 is 10.6 Å². The summed E-state index contributed by atoms with van der Waals surface area (Å²) >= 11 is 5.86. The molecule has 0 spiro atoms. The number of nitrogens with two attached hydrogens (primary N) is 1. The van der Waals surface area contributed by atoms with E-state index in [1.165, 1.54) is 0 Å². The molecule has 0 saturated heterocycles. The molecule has 3 heteroatoms. The highest BCUT2D eigenvalue weighted by Gasteiger charge is 2.06. The fraction of sp³-hybridized carbons (Fsp3) is 0.400. The van der Waals surface area contributed by atoms with Crippen LogP contribution in [0.15, 0.2) is 24.3 Å². The highest BCUT2D eigenvalue weighted by molar-refractivity contribution is 6.30. The van der Waals surface area contributed by atoms with Gasteiger partial charge in [-0.05, 0) is 31.8 Å². The van der Waals surface area contributed by atoms with Gasteiger partial charge in [-0.2, -0.15) is 0 Å². The second-order valence-corrected chi connectivity index (χ2v) is 3.86. The van der Waals surface area contributed by atoms with Crippen molar-refractivity contribution in [3.8, 4) is 0 Å². The normalized spacial score (nSPS) is 13.3. The lowest BCUT2D eigenvalue weighted by Crippen LogP contribution is -2.25. The van der Waals surface area contributed by atoms with Gasteiger partial charge in [-0.3, -0.25) is 0 Å². The first kappa shape index (κ1) is 10.5. The largest absolute Gasteiger partial charge is 0.323 e. The summed E-state index contributed by atoms with van der Waals surface area (Å²) in [6.07, 6.45) is 0. The summed E-state index contributed by atoms with van der Waals surface area (Å²) in [4.78, 5) is 2.06. The van der Waals surface area contributed by atoms with Gasteiger partial charge in [0.25, 0.3) is 0 Å². The molecular formula is C10H15ClN2. The maximum Gasteiger partial charge on any atom is 0.0424 e. The highest BCUT2D eigenvalue weighted by Crippen LogP contribution is 2.16. The highest BCUT2D eigenvalue weighted by atomic mass is 35.5. The number of likely N-dealkylation sites (N-methyl/N-ethyl adjacent to an activating group) is 1. The standard InChI is InChI=1S/C10H15ClN2/c1-13(2)7-10(12)8-4-3-5-9(11)6-8/h3-6,10H,7,12H2,1-2H3. The van der Waals surface area contributed by atoms with Gasteiger partial charge in [-0.15, -0.1) is 0 Å². The Labute approximate surface area is 84.3 Å². The Morgan fingerprint density at radius 1 is 1.46 bits per heavy atom. The Bertz CT molecular complexity index is 273. The van der Waals surface area contributed by atoms with Crippen molar-refractivity contribution in [3.63, 3.8) is 0 Å². The quantitative estimate of drug-likeness (QED) is 0.804. The van der Waals surface area contributed by atoms with Crippen LogP contribution in [0.3, 0.4) is 0 Å². The Hall–Kier alpha value is -0.570. The lowest BCUT2D eigenvalue weighted by Gasteiger charge is -2.17. The van der Waals surface area contributed by atoms with Gasteiger partial charge in [-0.25, -0.2) is 0 Å². The zero-order chi connectivity index (χ0) is 9.84. The van der Waals surface area contributed by atoms with E-state index in [4.69, 9.17) is 17.3 Å². The molecule has 0 amide bonds. The summed E-state index contributed by atoms with van der Waals surface area (Å²) in [7, 11) is 4.01. The molecule has 1 atom stereocenters. The van der Waals surface area contributed by atoms with Crippen LogP contribution in [0.25, 0.3) is 0 Å². The number of benzene rings is 1. The van der Waals surface area contributed by atoms with Crippen LogP contribution in [0, 0.1) is 0 Å². The zero-order valence-corrected chi connectivity index (χ0v) is 8.75. The van der Waals surface area contributed by atoms with Crippen molar-refractivity contribution < 1.29 is 0 Å². The van der Waals surface area contributed by atoms with E-state index >= 15 is 0 Å². The van der Waals surface area contributed by atoms with Crippen LogP contribution in [0.1, 0.15) is 11.6 Å². The van der Waals surface area contributed by atoms with Crippen molar-refractivity contribution in [3.05, 3.63) is 34.9 Å². The number of halogens is 1. The van der Waals surface area contributed by atoms with E-state index in [9.17, 15) is 0 Å². The first-order chi connectivity index (χ1) is 6.09. The van der Waals surface area contributed by atoms with E-state index in [2.05, 4.69) is 4.90 Å². The Kier molecular flexibility index (Phi) is 3.72. The molecule has 0 heterocycles.